The Morgan fingerprint density at radius 3 is 2.61 bits per heavy atom. The Hall–Kier alpha value is 0.0700. The maximum atomic E-state index is 12.2. The second-order valence-corrected chi connectivity index (χ2v) is 8.02. The lowest BCUT2D eigenvalue weighted by atomic mass is 9.90. The fourth-order valence-electron chi connectivity index (χ4n) is 2.50. The van der Waals surface area contributed by atoms with Crippen molar-refractivity contribution in [2.75, 3.05) is 19.8 Å². The maximum Gasteiger partial charge on any atom is 0.474 e. The van der Waals surface area contributed by atoms with Gasteiger partial charge in [0.1, 0.15) is 0 Å². The number of fused-ring (bicyclic) bond motifs is 1. The Kier molecular flexibility index (Phi) is 3.32. The lowest BCUT2D eigenvalue weighted by Gasteiger charge is -2.33. The summed E-state index contributed by atoms with van der Waals surface area (Å²) in [4.78, 5) is 0. The summed E-state index contributed by atoms with van der Waals surface area (Å²) >= 11 is 0. The lowest BCUT2D eigenvalue weighted by Crippen LogP contribution is -2.30. The average Bonchev–Trinajstić information content (AvgIpc) is 3.10. The molecule has 104 valence electrons. The van der Waals surface area contributed by atoms with E-state index in [1.165, 1.54) is 0 Å². The molecule has 0 N–H and O–H groups in total. The predicted octanol–water partition coefficient (Wildman–Crippen LogP) is 2.75. The molecular weight excluding hydrogens is 255 g/mol. The second-order valence-electron chi connectivity index (χ2n) is 6.35. The summed E-state index contributed by atoms with van der Waals surface area (Å²) in [6.07, 6.45) is 4.08. The van der Waals surface area contributed by atoms with Crippen LogP contribution in [0.3, 0.4) is 0 Å². The van der Waals surface area contributed by atoms with Crippen LogP contribution in [0.2, 0.25) is 0 Å². The topological polar surface area (TPSA) is 57.3 Å². The van der Waals surface area contributed by atoms with Crippen molar-refractivity contribution in [3.05, 3.63) is 0 Å². The molecule has 0 aromatic rings. The zero-order valence-corrected chi connectivity index (χ0v) is 11.9. The Labute approximate surface area is 108 Å². The van der Waals surface area contributed by atoms with Gasteiger partial charge < -0.3 is 4.74 Å². The Morgan fingerprint density at radius 1 is 1.22 bits per heavy atom. The standard InChI is InChI=1S/C12H21O5P/c1-12(2)7-15-18(13,16-8-12)14-6-9-3-4-10-11(5-9)17-10/h9-11H,3-8H2,1-2H3. The molecule has 2 aliphatic heterocycles. The van der Waals surface area contributed by atoms with Crippen LogP contribution in [0.15, 0.2) is 0 Å². The first-order valence-electron chi connectivity index (χ1n) is 6.65. The van der Waals surface area contributed by atoms with Crippen LogP contribution in [0.5, 0.6) is 0 Å². The molecule has 0 spiro atoms. The molecule has 0 bridgehead atoms. The number of rotatable bonds is 3. The van der Waals surface area contributed by atoms with Gasteiger partial charge >= 0.3 is 7.82 Å². The largest absolute Gasteiger partial charge is 0.474 e. The molecule has 3 atom stereocenters. The molecular formula is C12H21O5P. The summed E-state index contributed by atoms with van der Waals surface area (Å²) in [5.74, 6) is 0.418. The zero-order chi connectivity index (χ0) is 12.8. The Bertz CT molecular complexity index is 355. The molecule has 0 aromatic heterocycles. The van der Waals surface area contributed by atoms with Gasteiger partial charge in [0.15, 0.2) is 0 Å². The second kappa shape index (κ2) is 4.57. The van der Waals surface area contributed by atoms with Crippen molar-refractivity contribution in [2.24, 2.45) is 11.3 Å². The van der Waals surface area contributed by atoms with Gasteiger partial charge in [-0.15, -0.1) is 0 Å². The van der Waals surface area contributed by atoms with E-state index in [0.29, 0.717) is 37.9 Å². The van der Waals surface area contributed by atoms with Gasteiger partial charge in [-0.3, -0.25) is 13.6 Å². The summed E-state index contributed by atoms with van der Waals surface area (Å²) in [6, 6.07) is 0. The third-order valence-corrected chi connectivity index (χ3v) is 5.16. The van der Waals surface area contributed by atoms with Crippen LogP contribution in [0.25, 0.3) is 0 Å². The molecule has 3 rings (SSSR count). The minimum atomic E-state index is -3.31. The molecule has 1 aliphatic carbocycles. The van der Waals surface area contributed by atoms with Crippen LogP contribution in [-0.4, -0.2) is 32.0 Å². The van der Waals surface area contributed by atoms with E-state index in [2.05, 4.69) is 0 Å². The summed E-state index contributed by atoms with van der Waals surface area (Å²) in [5, 5.41) is 0. The third kappa shape index (κ3) is 2.97. The molecule has 0 aromatic carbocycles. The van der Waals surface area contributed by atoms with Gasteiger partial charge in [0, 0.05) is 5.41 Å². The highest BCUT2D eigenvalue weighted by Gasteiger charge is 2.45. The summed E-state index contributed by atoms with van der Waals surface area (Å²) < 4.78 is 33.6. The van der Waals surface area contributed by atoms with Gasteiger partial charge in [0.25, 0.3) is 0 Å². The van der Waals surface area contributed by atoms with Crippen molar-refractivity contribution in [2.45, 2.75) is 45.3 Å². The van der Waals surface area contributed by atoms with E-state index in [-0.39, 0.29) is 5.41 Å². The molecule has 0 radical (unpaired) electrons. The van der Waals surface area contributed by atoms with Crippen molar-refractivity contribution in [3.63, 3.8) is 0 Å². The van der Waals surface area contributed by atoms with Gasteiger partial charge in [-0.05, 0) is 25.2 Å². The Morgan fingerprint density at radius 2 is 1.94 bits per heavy atom. The van der Waals surface area contributed by atoms with Crippen LogP contribution in [0.4, 0.5) is 0 Å². The normalized spacial score (nSPS) is 41.1. The van der Waals surface area contributed by atoms with Gasteiger partial charge in [-0.25, -0.2) is 4.57 Å². The van der Waals surface area contributed by atoms with Gasteiger partial charge in [0.05, 0.1) is 32.0 Å². The predicted molar refractivity (Wildman–Crippen MR) is 65.2 cm³/mol. The van der Waals surface area contributed by atoms with Crippen molar-refractivity contribution >= 4 is 7.82 Å². The van der Waals surface area contributed by atoms with Gasteiger partial charge in [-0.1, -0.05) is 13.8 Å². The molecule has 6 heteroatoms. The van der Waals surface area contributed by atoms with Crippen molar-refractivity contribution in [1.82, 2.24) is 0 Å². The van der Waals surface area contributed by atoms with E-state index in [1.807, 2.05) is 13.8 Å². The molecule has 2 heterocycles. The molecule has 18 heavy (non-hydrogen) atoms. The van der Waals surface area contributed by atoms with Crippen LogP contribution >= 0.6 is 7.82 Å². The summed E-state index contributed by atoms with van der Waals surface area (Å²) in [5.41, 5.74) is -0.0861. The summed E-state index contributed by atoms with van der Waals surface area (Å²) in [6.45, 7) is 5.32. The smallest absolute Gasteiger partial charge is 0.370 e. The number of hydrogen-bond acceptors (Lipinski definition) is 5. The van der Waals surface area contributed by atoms with Crippen LogP contribution in [-0.2, 0) is 22.9 Å². The van der Waals surface area contributed by atoms with E-state index in [4.69, 9.17) is 18.3 Å². The first kappa shape index (κ1) is 13.1. The van der Waals surface area contributed by atoms with Crippen molar-refractivity contribution in [1.29, 1.82) is 0 Å². The van der Waals surface area contributed by atoms with Gasteiger partial charge in [0.2, 0.25) is 0 Å². The maximum absolute atomic E-state index is 12.2. The number of hydrogen-bond donors (Lipinski definition) is 0. The number of phosphoric acid groups is 1. The molecule has 5 nitrogen and oxygen atoms in total. The quantitative estimate of drug-likeness (QED) is 0.586. The van der Waals surface area contributed by atoms with Gasteiger partial charge in [-0.2, -0.15) is 0 Å². The number of epoxide rings is 1. The molecule has 3 fully saturated rings. The number of ether oxygens (including phenoxy) is 1. The molecule has 3 aliphatic rings. The highest BCUT2D eigenvalue weighted by atomic mass is 31.2. The van der Waals surface area contributed by atoms with Crippen LogP contribution in [0.1, 0.15) is 33.1 Å². The highest BCUT2D eigenvalue weighted by Crippen LogP contribution is 2.55. The molecule has 0 amide bonds. The first-order chi connectivity index (χ1) is 8.46. The van der Waals surface area contributed by atoms with E-state index >= 15 is 0 Å². The van der Waals surface area contributed by atoms with Crippen LogP contribution in [0, 0.1) is 11.3 Å². The van der Waals surface area contributed by atoms with E-state index in [0.717, 1.165) is 19.3 Å². The van der Waals surface area contributed by atoms with E-state index < -0.39 is 7.82 Å². The minimum absolute atomic E-state index is 0.0861. The molecule has 3 unspecified atom stereocenters. The molecule has 2 saturated heterocycles. The zero-order valence-electron chi connectivity index (χ0n) is 11.0. The van der Waals surface area contributed by atoms with Crippen LogP contribution < -0.4 is 0 Å². The Balaban J connectivity index is 1.46. The monoisotopic (exact) mass is 276 g/mol. The number of phosphoric ester groups is 1. The van der Waals surface area contributed by atoms with Crippen molar-refractivity contribution in [3.8, 4) is 0 Å². The first-order valence-corrected chi connectivity index (χ1v) is 8.11. The third-order valence-electron chi connectivity index (χ3n) is 3.81. The fourth-order valence-corrected chi connectivity index (χ4v) is 4.13. The lowest BCUT2D eigenvalue weighted by molar-refractivity contribution is -0.00371. The van der Waals surface area contributed by atoms with E-state index in [9.17, 15) is 4.57 Å². The van der Waals surface area contributed by atoms with Crippen molar-refractivity contribution < 1.29 is 22.9 Å². The molecule has 1 saturated carbocycles. The fraction of sp³-hybridized carbons (Fsp3) is 1.00. The SMILES string of the molecule is CC1(C)COP(=O)(OCC2CCC3OC3C2)OC1. The minimum Gasteiger partial charge on any atom is -0.370 e. The highest BCUT2D eigenvalue weighted by molar-refractivity contribution is 7.48. The summed E-state index contributed by atoms with van der Waals surface area (Å²) in [7, 11) is -3.31. The average molecular weight is 276 g/mol. The van der Waals surface area contributed by atoms with E-state index in [1.54, 1.807) is 0 Å².